The summed E-state index contributed by atoms with van der Waals surface area (Å²) in [5.41, 5.74) is -0.660. The molecule has 2 rings (SSSR count). The van der Waals surface area contributed by atoms with Gasteiger partial charge >= 0.3 is 12.1 Å². The van der Waals surface area contributed by atoms with Crippen LogP contribution in [0.25, 0.3) is 0 Å². The van der Waals surface area contributed by atoms with Crippen LogP contribution < -0.4 is 4.90 Å². The number of para-hydroxylation sites is 1. The Bertz CT molecular complexity index is 488. The van der Waals surface area contributed by atoms with Crippen molar-refractivity contribution in [1.29, 1.82) is 0 Å². The van der Waals surface area contributed by atoms with E-state index >= 15 is 0 Å². The number of esters is 1. The van der Waals surface area contributed by atoms with Gasteiger partial charge in [0.05, 0.1) is 12.2 Å². The summed E-state index contributed by atoms with van der Waals surface area (Å²) in [7, 11) is 0. The van der Waals surface area contributed by atoms with Gasteiger partial charge in [-0.3, -0.25) is 0 Å². The van der Waals surface area contributed by atoms with Crippen LogP contribution in [0.3, 0.4) is 0 Å². The second-order valence-corrected chi connectivity index (χ2v) is 4.62. The van der Waals surface area contributed by atoms with Gasteiger partial charge in [0.1, 0.15) is 6.04 Å². The standard InChI is InChI=1S/C14H16F3NO2/c1-2-20-13(19)12-8-5-9-18(12)11-7-4-3-6-10(11)14(15,16)17/h3-4,6-7,12H,2,5,8-9H2,1H3. The molecule has 6 heteroatoms. The summed E-state index contributed by atoms with van der Waals surface area (Å²) in [5.74, 6) is -0.457. The molecule has 3 nitrogen and oxygen atoms in total. The molecule has 1 aliphatic heterocycles. The predicted octanol–water partition coefficient (Wildman–Crippen LogP) is 3.24. The Hall–Kier alpha value is -1.72. The number of halogens is 3. The van der Waals surface area contributed by atoms with Crippen molar-refractivity contribution in [2.24, 2.45) is 0 Å². The smallest absolute Gasteiger partial charge is 0.418 e. The van der Waals surface area contributed by atoms with E-state index in [1.54, 1.807) is 13.0 Å². The highest BCUT2D eigenvalue weighted by Gasteiger charge is 2.39. The molecule has 0 amide bonds. The van der Waals surface area contributed by atoms with Crippen molar-refractivity contribution in [3.05, 3.63) is 29.8 Å². The molecule has 20 heavy (non-hydrogen) atoms. The third-order valence-corrected chi connectivity index (χ3v) is 3.33. The maximum absolute atomic E-state index is 13.0. The molecule has 0 bridgehead atoms. The summed E-state index contributed by atoms with van der Waals surface area (Å²) in [4.78, 5) is 13.3. The van der Waals surface area contributed by atoms with E-state index in [1.165, 1.54) is 17.0 Å². The molecule has 1 fully saturated rings. The summed E-state index contributed by atoms with van der Waals surface area (Å²) in [6.45, 7) is 2.33. The molecular weight excluding hydrogens is 271 g/mol. The van der Waals surface area contributed by atoms with E-state index in [0.717, 1.165) is 6.07 Å². The molecule has 0 N–H and O–H groups in total. The van der Waals surface area contributed by atoms with Gasteiger partial charge in [-0.25, -0.2) is 4.79 Å². The zero-order valence-corrected chi connectivity index (χ0v) is 11.1. The molecule has 1 aromatic carbocycles. The molecule has 0 radical (unpaired) electrons. The number of hydrogen-bond acceptors (Lipinski definition) is 3. The summed E-state index contributed by atoms with van der Waals surface area (Å²) < 4.78 is 44.0. The maximum atomic E-state index is 13.0. The van der Waals surface area contributed by atoms with Gasteiger partial charge in [-0.15, -0.1) is 0 Å². The van der Waals surface area contributed by atoms with Gasteiger partial charge in [0.2, 0.25) is 0 Å². The average Bonchev–Trinajstić information content (AvgIpc) is 2.87. The molecule has 1 heterocycles. The van der Waals surface area contributed by atoms with Crippen molar-refractivity contribution < 1.29 is 22.7 Å². The Kier molecular flexibility index (Phi) is 4.20. The molecule has 0 aromatic heterocycles. The Morgan fingerprint density at radius 2 is 2.10 bits per heavy atom. The first-order chi connectivity index (χ1) is 9.45. The van der Waals surface area contributed by atoms with Crippen LogP contribution in [-0.4, -0.2) is 25.2 Å². The van der Waals surface area contributed by atoms with Gasteiger partial charge in [0.15, 0.2) is 0 Å². The van der Waals surface area contributed by atoms with E-state index in [0.29, 0.717) is 19.4 Å². The van der Waals surface area contributed by atoms with Crippen molar-refractivity contribution in [2.75, 3.05) is 18.1 Å². The van der Waals surface area contributed by atoms with Crippen LogP contribution in [0.1, 0.15) is 25.3 Å². The molecule has 0 aliphatic carbocycles. The minimum atomic E-state index is -4.43. The number of nitrogens with zero attached hydrogens (tertiary/aromatic N) is 1. The lowest BCUT2D eigenvalue weighted by atomic mass is 10.1. The van der Waals surface area contributed by atoms with Gasteiger partial charge in [-0.05, 0) is 31.9 Å². The maximum Gasteiger partial charge on any atom is 0.418 e. The average molecular weight is 287 g/mol. The molecule has 0 spiro atoms. The monoisotopic (exact) mass is 287 g/mol. The number of benzene rings is 1. The minimum Gasteiger partial charge on any atom is -0.464 e. The number of hydrogen-bond donors (Lipinski definition) is 0. The highest BCUT2D eigenvalue weighted by Crippen LogP contribution is 2.39. The van der Waals surface area contributed by atoms with Gasteiger partial charge in [-0.2, -0.15) is 13.2 Å². The van der Waals surface area contributed by atoms with Crippen LogP contribution in [0.4, 0.5) is 18.9 Å². The first kappa shape index (κ1) is 14.7. The molecule has 1 unspecified atom stereocenters. The fraction of sp³-hybridized carbons (Fsp3) is 0.500. The van der Waals surface area contributed by atoms with Crippen molar-refractivity contribution >= 4 is 11.7 Å². The number of carbonyl (C=O) groups excluding carboxylic acids is 1. The van der Waals surface area contributed by atoms with E-state index in [-0.39, 0.29) is 12.3 Å². The van der Waals surface area contributed by atoms with E-state index < -0.39 is 23.8 Å². The Labute approximate surface area is 115 Å². The summed E-state index contributed by atoms with van der Waals surface area (Å²) in [5, 5.41) is 0. The van der Waals surface area contributed by atoms with Crippen LogP contribution in [0, 0.1) is 0 Å². The first-order valence-electron chi connectivity index (χ1n) is 6.54. The molecular formula is C14H16F3NO2. The number of rotatable bonds is 3. The van der Waals surface area contributed by atoms with Crippen molar-refractivity contribution in [3.8, 4) is 0 Å². The van der Waals surface area contributed by atoms with E-state index in [9.17, 15) is 18.0 Å². The second-order valence-electron chi connectivity index (χ2n) is 4.62. The van der Waals surface area contributed by atoms with E-state index in [4.69, 9.17) is 4.74 Å². The number of carbonyl (C=O) groups is 1. The molecule has 0 saturated carbocycles. The zero-order valence-electron chi connectivity index (χ0n) is 11.1. The summed E-state index contributed by atoms with van der Waals surface area (Å²) in [6, 6.07) is 4.71. The highest BCUT2D eigenvalue weighted by molar-refractivity contribution is 5.81. The first-order valence-corrected chi connectivity index (χ1v) is 6.54. The van der Waals surface area contributed by atoms with Crippen LogP contribution >= 0.6 is 0 Å². The lowest BCUT2D eigenvalue weighted by molar-refractivity contribution is -0.145. The van der Waals surface area contributed by atoms with Gasteiger partial charge in [0, 0.05) is 12.2 Å². The lowest BCUT2D eigenvalue weighted by Crippen LogP contribution is -2.38. The fourth-order valence-electron chi connectivity index (χ4n) is 2.50. The molecule has 1 aliphatic rings. The molecule has 1 aromatic rings. The molecule has 1 atom stereocenters. The second kappa shape index (κ2) is 5.73. The van der Waals surface area contributed by atoms with Crippen LogP contribution in [0.15, 0.2) is 24.3 Å². The summed E-state index contributed by atoms with van der Waals surface area (Å²) in [6.07, 6.45) is -3.24. The van der Waals surface area contributed by atoms with Gasteiger partial charge in [0.25, 0.3) is 0 Å². The lowest BCUT2D eigenvalue weighted by Gasteiger charge is -2.27. The number of alkyl halides is 3. The van der Waals surface area contributed by atoms with Crippen LogP contribution in [0.2, 0.25) is 0 Å². The highest BCUT2D eigenvalue weighted by atomic mass is 19.4. The Morgan fingerprint density at radius 3 is 2.75 bits per heavy atom. The normalized spacial score (nSPS) is 19.2. The largest absolute Gasteiger partial charge is 0.464 e. The minimum absolute atomic E-state index is 0.0514. The number of anilines is 1. The van der Waals surface area contributed by atoms with E-state index in [1.807, 2.05) is 0 Å². The third kappa shape index (κ3) is 2.89. The van der Waals surface area contributed by atoms with Gasteiger partial charge in [-0.1, -0.05) is 12.1 Å². The van der Waals surface area contributed by atoms with Crippen molar-refractivity contribution in [3.63, 3.8) is 0 Å². The molecule has 110 valence electrons. The zero-order chi connectivity index (χ0) is 14.8. The van der Waals surface area contributed by atoms with Crippen LogP contribution in [-0.2, 0) is 15.7 Å². The predicted molar refractivity (Wildman–Crippen MR) is 68.4 cm³/mol. The van der Waals surface area contributed by atoms with Crippen molar-refractivity contribution in [2.45, 2.75) is 32.0 Å². The van der Waals surface area contributed by atoms with E-state index in [2.05, 4.69) is 0 Å². The fourth-order valence-corrected chi connectivity index (χ4v) is 2.50. The molecule has 1 saturated heterocycles. The quantitative estimate of drug-likeness (QED) is 0.799. The van der Waals surface area contributed by atoms with Crippen LogP contribution in [0.5, 0.6) is 0 Å². The third-order valence-electron chi connectivity index (χ3n) is 3.33. The van der Waals surface area contributed by atoms with Crippen molar-refractivity contribution in [1.82, 2.24) is 0 Å². The topological polar surface area (TPSA) is 29.5 Å². The summed E-state index contributed by atoms with van der Waals surface area (Å²) >= 11 is 0. The Morgan fingerprint density at radius 1 is 1.40 bits per heavy atom. The number of ether oxygens (including phenoxy) is 1. The van der Waals surface area contributed by atoms with Gasteiger partial charge < -0.3 is 9.64 Å². The SMILES string of the molecule is CCOC(=O)C1CCCN1c1ccccc1C(F)(F)F. The Balaban J connectivity index is 2.33.